The molecule has 0 atom stereocenters. The van der Waals surface area contributed by atoms with Crippen LogP contribution in [0.1, 0.15) is 17.0 Å². The monoisotopic (exact) mass is 438 g/mol. The van der Waals surface area contributed by atoms with Crippen molar-refractivity contribution >= 4 is 17.7 Å². The maximum absolute atomic E-state index is 12.6. The Bertz CT molecular complexity index is 987. The van der Waals surface area contributed by atoms with Crippen molar-refractivity contribution in [2.24, 2.45) is 0 Å². The summed E-state index contributed by atoms with van der Waals surface area (Å²) in [4.78, 5) is 16.8. The Balaban J connectivity index is 1.18. The Kier molecular flexibility index (Phi) is 7.22. The van der Waals surface area contributed by atoms with Crippen LogP contribution in [0.4, 0.5) is 0 Å². The summed E-state index contributed by atoms with van der Waals surface area (Å²) < 4.78 is 11.3. The molecule has 3 aromatic rings. The normalized spacial score (nSPS) is 14.5. The number of aryl methyl sites for hydroxylation is 1. The fourth-order valence-corrected chi connectivity index (χ4v) is 4.10. The fraction of sp³-hybridized carbons (Fsp3) is 0.348. The summed E-state index contributed by atoms with van der Waals surface area (Å²) in [6, 6.07) is 18.2. The van der Waals surface area contributed by atoms with Crippen LogP contribution in [-0.4, -0.2) is 57.8 Å². The van der Waals surface area contributed by atoms with Crippen molar-refractivity contribution in [1.29, 1.82) is 0 Å². The summed E-state index contributed by atoms with van der Waals surface area (Å²) in [5.74, 6) is 1.54. The second kappa shape index (κ2) is 10.5. The van der Waals surface area contributed by atoms with E-state index in [2.05, 4.69) is 39.4 Å². The Morgan fingerprint density at radius 3 is 2.65 bits per heavy atom. The molecule has 1 aliphatic rings. The first-order valence-corrected chi connectivity index (χ1v) is 11.3. The third kappa shape index (κ3) is 6.32. The van der Waals surface area contributed by atoms with Crippen LogP contribution >= 0.6 is 11.8 Å². The molecule has 1 amide bonds. The zero-order valence-corrected chi connectivity index (χ0v) is 18.4. The van der Waals surface area contributed by atoms with Crippen molar-refractivity contribution in [3.05, 3.63) is 71.6 Å². The maximum Gasteiger partial charge on any atom is 0.277 e. The molecule has 1 fully saturated rings. The van der Waals surface area contributed by atoms with Gasteiger partial charge in [0.25, 0.3) is 11.1 Å². The van der Waals surface area contributed by atoms with E-state index >= 15 is 0 Å². The number of carbonyl (C=O) groups is 1. The number of piperazine rings is 1. The average Bonchev–Trinajstić information content (AvgIpc) is 3.25. The summed E-state index contributed by atoms with van der Waals surface area (Å²) in [6.45, 7) is 6.38. The molecule has 1 aromatic heterocycles. The van der Waals surface area contributed by atoms with Crippen molar-refractivity contribution in [3.63, 3.8) is 0 Å². The molecule has 0 unspecified atom stereocenters. The standard InChI is InChI=1S/C23H26N4O3S/c1-18-6-5-9-20(14-18)29-16-21-24-25-23(30-21)31-17-22(28)27-12-10-26(11-13-27)15-19-7-3-2-4-8-19/h2-9,14H,10-13,15-17H2,1H3. The van der Waals surface area contributed by atoms with E-state index in [1.807, 2.05) is 42.2 Å². The predicted molar refractivity (Wildman–Crippen MR) is 119 cm³/mol. The van der Waals surface area contributed by atoms with E-state index in [-0.39, 0.29) is 12.5 Å². The van der Waals surface area contributed by atoms with E-state index in [0.717, 1.165) is 44.0 Å². The van der Waals surface area contributed by atoms with Gasteiger partial charge in [0.2, 0.25) is 5.91 Å². The quantitative estimate of drug-likeness (QED) is 0.499. The molecule has 1 saturated heterocycles. The number of hydrogen-bond donors (Lipinski definition) is 0. The van der Waals surface area contributed by atoms with Gasteiger partial charge in [-0.3, -0.25) is 9.69 Å². The van der Waals surface area contributed by atoms with Crippen LogP contribution in [0.2, 0.25) is 0 Å². The lowest BCUT2D eigenvalue weighted by Crippen LogP contribution is -2.48. The minimum atomic E-state index is 0.0973. The lowest BCUT2D eigenvalue weighted by molar-refractivity contribution is -0.130. The molecule has 2 aromatic carbocycles. The first-order valence-electron chi connectivity index (χ1n) is 10.3. The Morgan fingerprint density at radius 1 is 1.06 bits per heavy atom. The largest absolute Gasteiger partial charge is 0.484 e. The first-order chi connectivity index (χ1) is 15.2. The molecule has 0 radical (unpaired) electrons. The minimum absolute atomic E-state index is 0.0973. The number of aromatic nitrogens is 2. The molecular formula is C23H26N4O3S. The van der Waals surface area contributed by atoms with Crippen LogP contribution < -0.4 is 4.74 Å². The van der Waals surface area contributed by atoms with Crippen molar-refractivity contribution < 1.29 is 13.9 Å². The number of amides is 1. The number of rotatable bonds is 8. The van der Waals surface area contributed by atoms with Crippen LogP contribution in [0.25, 0.3) is 0 Å². The fourth-order valence-electron chi connectivity index (χ4n) is 3.42. The van der Waals surface area contributed by atoms with Crippen LogP contribution in [-0.2, 0) is 17.9 Å². The third-order valence-corrected chi connectivity index (χ3v) is 5.90. The zero-order valence-electron chi connectivity index (χ0n) is 17.6. The number of ether oxygens (including phenoxy) is 1. The van der Waals surface area contributed by atoms with Crippen molar-refractivity contribution in [2.75, 3.05) is 31.9 Å². The SMILES string of the molecule is Cc1cccc(OCc2nnc(SCC(=O)N3CCN(Cc4ccccc4)CC3)o2)c1. The summed E-state index contributed by atoms with van der Waals surface area (Å²) in [5.41, 5.74) is 2.43. The van der Waals surface area contributed by atoms with Gasteiger partial charge in [0.05, 0.1) is 5.75 Å². The van der Waals surface area contributed by atoms with E-state index < -0.39 is 0 Å². The molecule has 0 saturated carbocycles. The highest BCUT2D eigenvalue weighted by Crippen LogP contribution is 2.19. The van der Waals surface area contributed by atoms with Crippen molar-refractivity contribution in [1.82, 2.24) is 20.0 Å². The number of hydrogen-bond acceptors (Lipinski definition) is 7. The van der Waals surface area contributed by atoms with Gasteiger partial charge in [-0.2, -0.15) is 0 Å². The summed E-state index contributed by atoms with van der Waals surface area (Å²) >= 11 is 1.27. The molecule has 2 heterocycles. The number of thioether (sulfide) groups is 1. The number of benzene rings is 2. The van der Waals surface area contributed by atoms with Crippen LogP contribution in [0.3, 0.4) is 0 Å². The minimum Gasteiger partial charge on any atom is -0.484 e. The van der Waals surface area contributed by atoms with Gasteiger partial charge < -0.3 is 14.1 Å². The topological polar surface area (TPSA) is 71.7 Å². The number of carbonyl (C=O) groups excluding carboxylic acids is 1. The van der Waals surface area contributed by atoms with Gasteiger partial charge in [-0.05, 0) is 30.2 Å². The molecule has 0 bridgehead atoms. The Labute approximate surface area is 186 Å². The van der Waals surface area contributed by atoms with Crippen LogP contribution in [0.15, 0.2) is 64.2 Å². The summed E-state index contributed by atoms with van der Waals surface area (Å²) in [6.07, 6.45) is 0. The molecule has 0 aliphatic carbocycles. The molecule has 0 N–H and O–H groups in total. The van der Waals surface area contributed by atoms with E-state index in [1.165, 1.54) is 17.3 Å². The van der Waals surface area contributed by atoms with Gasteiger partial charge in [0.1, 0.15) is 5.75 Å². The maximum atomic E-state index is 12.6. The Hall–Kier alpha value is -2.84. The molecule has 8 heteroatoms. The molecule has 0 spiro atoms. The molecule has 7 nitrogen and oxygen atoms in total. The molecular weight excluding hydrogens is 412 g/mol. The highest BCUT2D eigenvalue weighted by atomic mass is 32.2. The van der Waals surface area contributed by atoms with Gasteiger partial charge in [0.15, 0.2) is 6.61 Å². The second-order valence-corrected chi connectivity index (χ2v) is 8.42. The third-order valence-electron chi connectivity index (χ3n) is 5.09. The van der Waals surface area contributed by atoms with Crippen LogP contribution in [0, 0.1) is 6.92 Å². The van der Waals surface area contributed by atoms with Gasteiger partial charge in [-0.15, -0.1) is 10.2 Å². The molecule has 31 heavy (non-hydrogen) atoms. The van der Waals surface area contributed by atoms with Crippen molar-refractivity contribution in [3.8, 4) is 5.75 Å². The van der Waals surface area contributed by atoms with Crippen molar-refractivity contribution in [2.45, 2.75) is 25.3 Å². The van der Waals surface area contributed by atoms with Gasteiger partial charge in [-0.1, -0.05) is 54.2 Å². The molecule has 162 valence electrons. The predicted octanol–water partition coefficient (Wildman–Crippen LogP) is 3.39. The smallest absolute Gasteiger partial charge is 0.277 e. The van der Waals surface area contributed by atoms with Crippen LogP contribution in [0.5, 0.6) is 5.75 Å². The lowest BCUT2D eigenvalue weighted by Gasteiger charge is -2.34. The summed E-state index contributed by atoms with van der Waals surface area (Å²) in [5, 5.41) is 8.40. The molecule has 1 aliphatic heterocycles. The zero-order chi connectivity index (χ0) is 21.5. The van der Waals surface area contributed by atoms with E-state index in [0.29, 0.717) is 16.9 Å². The summed E-state index contributed by atoms with van der Waals surface area (Å²) in [7, 11) is 0. The lowest BCUT2D eigenvalue weighted by atomic mass is 10.2. The van der Waals surface area contributed by atoms with E-state index in [1.54, 1.807) is 0 Å². The van der Waals surface area contributed by atoms with Gasteiger partial charge >= 0.3 is 0 Å². The average molecular weight is 439 g/mol. The highest BCUT2D eigenvalue weighted by molar-refractivity contribution is 7.99. The van der Waals surface area contributed by atoms with E-state index in [4.69, 9.17) is 9.15 Å². The molecule has 4 rings (SSSR count). The Morgan fingerprint density at radius 2 is 1.87 bits per heavy atom. The number of nitrogens with zero attached hydrogens (tertiary/aromatic N) is 4. The first kappa shape index (κ1) is 21.4. The second-order valence-electron chi connectivity index (χ2n) is 7.50. The highest BCUT2D eigenvalue weighted by Gasteiger charge is 2.22. The van der Waals surface area contributed by atoms with E-state index in [9.17, 15) is 4.79 Å². The van der Waals surface area contributed by atoms with Gasteiger partial charge in [0, 0.05) is 32.7 Å². The van der Waals surface area contributed by atoms with Gasteiger partial charge in [-0.25, -0.2) is 0 Å².